The van der Waals surface area contributed by atoms with Crippen molar-refractivity contribution < 1.29 is 22.4 Å². The lowest BCUT2D eigenvalue weighted by atomic mass is 10.3. The number of hydrogen-bond donors (Lipinski definition) is 3. The third-order valence-corrected chi connectivity index (χ3v) is 5.66. The average Bonchev–Trinajstić information content (AvgIpc) is 3.20. The smallest absolute Gasteiger partial charge is 0.313 e. The molecule has 1 aromatic heterocycles. The van der Waals surface area contributed by atoms with Gasteiger partial charge in [0.1, 0.15) is 11.5 Å². The van der Waals surface area contributed by atoms with Gasteiger partial charge in [-0.1, -0.05) is 23.2 Å². The van der Waals surface area contributed by atoms with Crippen LogP contribution in [0, 0.1) is 0 Å². The maximum atomic E-state index is 12.0. The van der Waals surface area contributed by atoms with Crippen molar-refractivity contribution >= 4 is 62.6 Å². The van der Waals surface area contributed by atoms with Gasteiger partial charge in [-0.05, 0) is 54.6 Å². The quantitative estimate of drug-likeness (QED) is 0.355. The van der Waals surface area contributed by atoms with E-state index in [1.165, 1.54) is 48.7 Å². The summed E-state index contributed by atoms with van der Waals surface area (Å²) >= 11 is 11.7. The molecule has 4 N–H and O–H groups in total. The minimum absolute atomic E-state index is 0.0179. The Morgan fingerprint density at radius 3 is 2.38 bits per heavy atom. The van der Waals surface area contributed by atoms with Gasteiger partial charge in [0.25, 0.3) is 0 Å². The Morgan fingerprint density at radius 1 is 1.00 bits per heavy atom. The highest BCUT2D eigenvalue weighted by molar-refractivity contribution is 7.89. The SMILES string of the molecule is NS(=O)(=O)c1ccc(N=Cc2ccc(CNC(=O)C(=O)Nc3ccc(Cl)c(Cl)c3)o2)cc1. The molecule has 166 valence electrons. The number of carbonyl (C=O) groups is 2. The van der Waals surface area contributed by atoms with Gasteiger partial charge in [0.15, 0.2) is 0 Å². The zero-order valence-electron chi connectivity index (χ0n) is 16.2. The van der Waals surface area contributed by atoms with E-state index in [-0.39, 0.29) is 16.5 Å². The van der Waals surface area contributed by atoms with E-state index < -0.39 is 21.8 Å². The lowest BCUT2D eigenvalue weighted by Crippen LogP contribution is -2.34. The van der Waals surface area contributed by atoms with Crippen LogP contribution in [0.25, 0.3) is 0 Å². The molecule has 2 amide bonds. The predicted molar refractivity (Wildman–Crippen MR) is 121 cm³/mol. The Kier molecular flexibility index (Phi) is 7.31. The van der Waals surface area contributed by atoms with Crippen molar-refractivity contribution in [3.63, 3.8) is 0 Å². The summed E-state index contributed by atoms with van der Waals surface area (Å²) in [6, 6.07) is 13.3. The standard InChI is InChI=1S/C20H16Cl2N4O5S/c21-17-8-3-13(9-18(17)22)26-20(28)19(27)25-11-15-5-4-14(31-15)10-24-12-1-6-16(7-2-12)32(23,29)30/h1-10H,11H2,(H,25,27)(H,26,28)(H2,23,29,30). The Morgan fingerprint density at radius 2 is 1.72 bits per heavy atom. The van der Waals surface area contributed by atoms with Crippen LogP contribution in [0.15, 0.2) is 68.9 Å². The van der Waals surface area contributed by atoms with E-state index in [4.69, 9.17) is 32.8 Å². The van der Waals surface area contributed by atoms with Gasteiger partial charge in [0.05, 0.1) is 33.4 Å². The summed E-state index contributed by atoms with van der Waals surface area (Å²) in [6.07, 6.45) is 1.42. The highest BCUT2D eigenvalue weighted by Gasteiger charge is 2.15. The second-order valence-electron chi connectivity index (χ2n) is 6.37. The summed E-state index contributed by atoms with van der Waals surface area (Å²) in [6.45, 7) is -0.0233. The fourth-order valence-corrected chi connectivity index (χ4v) is 3.24. The number of carbonyl (C=O) groups excluding carboxylic acids is 2. The number of nitrogens with one attached hydrogen (secondary N) is 2. The summed E-state index contributed by atoms with van der Waals surface area (Å²) in [7, 11) is -3.77. The first-order valence-electron chi connectivity index (χ1n) is 8.92. The first-order valence-corrected chi connectivity index (χ1v) is 11.2. The van der Waals surface area contributed by atoms with E-state index in [0.29, 0.717) is 27.9 Å². The van der Waals surface area contributed by atoms with Crippen molar-refractivity contribution in [1.29, 1.82) is 0 Å². The average molecular weight is 495 g/mol. The molecular weight excluding hydrogens is 479 g/mol. The van der Waals surface area contributed by atoms with Gasteiger partial charge in [0.2, 0.25) is 10.0 Å². The molecule has 3 rings (SSSR count). The maximum absolute atomic E-state index is 12.0. The number of anilines is 1. The van der Waals surface area contributed by atoms with Gasteiger partial charge < -0.3 is 15.1 Å². The molecule has 0 fully saturated rings. The minimum Gasteiger partial charge on any atom is -0.458 e. The number of sulfonamides is 1. The number of rotatable bonds is 6. The lowest BCUT2D eigenvalue weighted by Gasteiger charge is -2.06. The van der Waals surface area contributed by atoms with Crippen LogP contribution in [0.3, 0.4) is 0 Å². The third kappa shape index (κ3) is 6.41. The van der Waals surface area contributed by atoms with Crippen molar-refractivity contribution in [3.05, 3.63) is 76.2 Å². The van der Waals surface area contributed by atoms with Gasteiger partial charge in [-0.2, -0.15) is 0 Å². The number of primary sulfonamides is 1. The molecule has 0 unspecified atom stereocenters. The molecule has 0 aliphatic heterocycles. The van der Waals surface area contributed by atoms with Crippen molar-refractivity contribution in [2.24, 2.45) is 10.1 Å². The molecule has 0 aliphatic rings. The first kappa shape index (κ1) is 23.5. The molecule has 0 saturated carbocycles. The normalized spacial score (nSPS) is 11.5. The Bertz CT molecular complexity index is 1290. The van der Waals surface area contributed by atoms with E-state index in [1.807, 2.05) is 0 Å². The van der Waals surface area contributed by atoms with Gasteiger partial charge in [-0.15, -0.1) is 0 Å². The summed E-state index contributed by atoms with van der Waals surface area (Å²) in [5.41, 5.74) is 0.816. The predicted octanol–water partition coefficient (Wildman–Crippen LogP) is 3.24. The minimum atomic E-state index is -3.77. The fourth-order valence-electron chi connectivity index (χ4n) is 2.43. The second-order valence-corrected chi connectivity index (χ2v) is 8.74. The zero-order valence-corrected chi connectivity index (χ0v) is 18.5. The highest BCUT2D eigenvalue weighted by Crippen LogP contribution is 2.25. The molecule has 0 bridgehead atoms. The van der Waals surface area contributed by atoms with E-state index in [2.05, 4.69) is 15.6 Å². The van der Waals surface area contributed by atoms with Gasteiger partial charge in [-0.25, -0.2) is 13.6 Å². The molecule has 32 heavy (non-hydrogen) atoms. The molecule has 1 heterocycles. The number of furan rings is 1. The highest BCUT2D eigenvalue weighted by atomic mass is 35.5. The largest absolute Gasteiger partial charge is 0.458 e. The van der Waals surface area contributed by atoms with Crippen LogP contribution < -0.4 is 15.8 Å². The van der Waals surface area contributed by atoms with Crippen LogP contribution in [0.4, 0.5) is 11.4 Å². The molecule has 0 radical (unpaired) electrons. The topological polar surface area (TPSA) is 144 Å². The monoisotopic (exact) mass is 494 g/mol. The Balaban J connectivity index is 1.53. The number of amides is 2. The van der Waals surface area contributed by atoms with Crippen LogP contribution in [-0.4, -0.2) is 26.4 Å². The number of benzene rings is 2. The van der Waals surface area contributed by atoms with Crippen LogP contribution in [-0.2, 0) is 26.2 Å². The van der Waals surface area contributed by atoms with E-state index in [1.54, 1.807) is 12.1 Å². The van der Waals surface area contributed by atoms with Crippen LogP contribution in [0.1, 0.15) is 11.5 Å². The van der Waals surface area contributed by atoms with Gasteiger partial charge in [-0.3, -0.25) is 14.6 Å². The van der Waals surface area contributed by atoms with E-state index >= 15 is 0 Å². The third-order valence-electron chi connectivity index (χ3n) is 4.00. The number of halogens is 2. The summed E-state index contributed by atoms with van der Waals surface area (Å²) in [4.78, 5) is 28.1. The maximum Gasteiger partial charge on any atom is 0.313 e. The number of nitrogens with zero attached hydrogens (tertiary/aromatic N) is 1. The van der Waals surface area contributed by atoms with Crippen LogP contribution in [0.2, 0.25) is 10.0 Å². The van der Waals surface area contributed by atoms with Gasteiger partial charge in [0, 0.05) is 5.69 Å². The van der Waals surface area contributed by atoms with E-state index in [9.17, 15) is 18.0 Å². The molecule has 0 spiro atoms. The molecule has 12 heteroatoms. The number of hydrogen-bond acceptors (Lipinski definition) is 6. The zero-order chi connectivity index (χ0) is 23.3. The number of nitrogens with two attached hydrogens (primary N) is 1. The summed E-state index contributed by atoms with van der Waals surface area (Å²) in [5, 5.41) is 10.5. The summed E-state index contributed by atoms with van der Waals surface area (Å²) < 4.78 is 28.0. The van der Waals surface area contributed by atoms with Crippen molar-refractivity contribution in [1.82, 2.24) is 5.32 Å². The number of aliphatic imine (C=N–C) groups is 1. The molecule has 0 saturated heterocycles. The Hall–Kier alpha value is -3.18. The van der Waals surface area contributed by atoms with Crippen molar-refractivity contribution in [2.45, 2.75) is 11.4 Å². The van der Waals surface area contributed by atoms with Gasteiger partial charge >= 0.3 is 11.8 Å². The molecular formula is C20H16Cl2N4O5S. The summed E-state index contributed by atoms with van der Waals surface area (Å²) in [5.74, 6) is -0.950. The molecule has 2 aromatic carbocycles. The lowest BCUT2D eigenvalue weighted by molar-refractivity contribution is -0.136. The molecule has 0 aliphatic carbocycles. The molecule has 0 atom stereocenters. The Labute approximate surface area is 193 Å². The van der Waals surface area contributed by atoms with E-state index in [0.717, 1.165) is 0 Å². The van der Waals surface area contributed by atoms with Crippen molar-refractivity contribution in [3.8, 4) is 0 Å². The van der Waals surface area contributed by atoms with Crippen LogP contribution >= 0.6 is 23.2 Å². The molecule has 3 aromatic rings. The molecule has 9 nitrogen and oxygen atoms in total. The second kappa shape index (κ2) is 9.96. The van der Waals surface area contributed by atoms with Crippen LogP contribution in [0.5, 0.6) is 0 Å². The fraction of sp³-hybridized carbons (Fsp3) is 0.0500. The first-order chi connectivity index (χ1) is 15.1. The van der Waals surface area contributed by atoms with Crippen molar-refractivity contribution in [2.75, 3.05) is 5.32 Å².